The van der Waals surface area contributed by atoms with E-state index >= 15 is 0 Å². The number of aromatic nitrogens is 2. The van der Waals surface area contributed by atoms with Crippen molar-refractivity contribution >= 4 is 33.2 Å². The van der Waals surface area contributed by atoms with Gasteiger partial charge in [0.15, 0.2) is 0 Å². The van der Waals surface area contributed by atoms with Crippen LogP contribution in [-0.2, 0) is 11.3 Å². The fourth-order valence-electron chi connectivity index (χ4n) is 3.19. The average Bonchev–Trinajstić information content (AvgIpc) is 2.63. The molecule has 3 aromatic rings. The predicted molar refractivity (Wildman–Crippen MR) is 105 cm³/mol. The Labute approximate surface area is 164 Å². The predicted octanol–water partition coefficient (Wildman–Crippen LogP) is 3.68. The molecule has 0 N–H and O–H groups in total. The van der Waals surface area contributed by atoms with Crippen LogP contribution in [0.3, 0.4) is 0 Å². The summed E-state index contributed by atoms with van der Waals surface area (Å²) in [5.74, 6) is 0. The van der Waals surface area contributed by atoms with E-state index in [0.29, 0.717) is 23.8 Å². The summed E-state index contributed by atoms with van der Waals surface area (Å²) >= 11 is 9.47. The SMILES string of the molecule is O=c1cc(CN2CCOC(c3cccc(Br)c3)C2)nc2ccc(Cl)cn12. The molecule has 0 spiro atoms. The molecule has 0 saturated carbocycles. The first-order chi connectivity index (χ1) is 12.6. The molecule has 1 aromatic carbocycles. The van der Waals surface area contributed by atoms with Gasteiger partial charge >= 0.3 is 0 Å². The Hall–Kier alpha value is -1.73. The molecule has 5 nitrogen and oxygen atoms in total. The number of benzene rings is 1. The molecule has 0 bridgehead atoms. The second kappa shape index (κ2) is 7.48. The summed E-state index contributed by atoms with van der Waals surface area (Å²) < 4.78 is 8.44. The summed E-state index contributed by atoms with van der Waals surface area (Å²) in [7, 11) is 0. The van der Waals surface area contributed by atoms with Gasteiger partial charge in [0.05, 0.1) is 23.4 Å². The van der Waals surface area contributed by atoms with Crippen LogP contribution in [0.15, 0.2) is 57.9 Å². The summed E-state index contributed by atoms with van der Waals surface area (Å²) in [6, 6.07) is 13.2. The number of fused-ring (bicyclic) bond motifs is 1. The first-order valence-corrected chi connectivity index (χ1v) is 9.53. The lowest BCUT2D eigenvalue weighted by molar-refractivity contribution is -0.0333. The van der Waals surface area contributed by atoms with Crippen molar-refractivity contribution in [3.63, 3.8) is 0 Å². The van der Waals surface area contributed by atoms with Gasteiger partial charge in [0.1, 0.15) is 5.65 Å². The minimum atomic E-state index is -0.121. The fraction of sp³-hybridized carbons (Fsp3) is 0.263. The molecule has 1 aliphatic heterocycles. The highest BCUT2D eigenvalue weighted by molar-refractivity contribution is 9.10. The van der Waals surface area contributed by atoms with Crippen molar-refractivity contribution in [3.05, 3.63) is 79.8 Å². The van der Waals surface area contributed by atoms with Gasteiger partial charge in [-0.3, -0.25) is 14.1 Å². The summed E-state index contributed by atoms with van der Waals surface area (Å²) in [6.07, 6.45) is 1.61. The van der Waals surface area contributed by atoms with E-state index in [4.69, 9.17) is 16.3 Å². The first-order valence-electron chi connectivity index (χ1n) is 8.36. The molecule has 1 saturated heterocycles. The zero-order valence-corrected chi connectivity index (χ0v) is 16.3. The van der Waals surface area contributed by atoms with Crippen LogP contribution in [0.1, 0.15) is 17.4 Å². The summed E-state index contributed by atoms with van der Waals surface area (Å²) in [6.45, 7) is 2.84. The van der Waals surface area contributed by atoms with Gasteiger partial charge in [0.25, 0.3) is 5.56 Å². The molecule has 26 heavy (non-hydrogen) atoms. The maximum atomic E-state index is 12.3. The van der Waals surface area contributed by atoms with E-state index in [2.05, 4.69) is 37.9 Å². The maximum Gasteiger partial charge on any atom is 0.258 e. The third-order valence-corrected chi connectivity index (χ3v) is 5.15. The van der Waals surface area contributed by atoms with E-state index in [1.165, 1.54) is 4.40 Å². The largest absolute Gasteiger partial charge is 0.371 e. The van der Waals surface area contributed by atoms with Crippen LogP contribution in [0, 0.1) is 0 Å². The molecule has 1 atom stereocenters. The number of hydrogen-bond acceptors (Lipinski definition) is 4. The number of morpholine rings is 1. The van der Waals surface area contributed by atoms with Gasteiger partial charge in [-0.2, -0.15) is 0 Å². The quantitative estimate of drug-likeness (QED) is 0.631. The Morgan fingerprint density at radius 3 is 3.00 bits per heavy atom. The lowest BCUT2D eigenvalue weighted by Crippen LogP contribution is -2.38. The Kier molecular flexibility index (Phi) is 5.09. The molecular weight excluding hydrogens is 418 g/mol. The molecule has 0 radical (unpaired) electrons. The topological polar surface area (TPSA) is 46.8 Å². The number of pyridine rings is 1. The van der Waals surface area contributed by atoms with Crippen LogP contribution in [0.2, 0.25) is 5.02 Å². The number of halogens is 2. The molecule has 134 valence electrons. The van der Waals surface area contributed by atoms with Crippen molar-refractivity contribution in [1.29, 1.82) is 0 Å². The first kappa shape index (κ1) is 17.7. The standard InChI is InChI=1S/C19H17BrClN3O2/c20-14-3-1-2-13(8-14)17-12-23(6-7-26-17)11-16-9-19(25)24-10-15(21)4-5-18(24)22-16/h1-5,8-10,17H,6-7,11-12H2. The normalized spacial score (nSPS) is 18.3. The fourth-order valence-corrected chi connectivity index (χ4v) is 3.77. The maximum absolute atomic E-state index is 12.3. The monoisotopic (exact) mass is 433 g/mol. The van der Waals surface area contributed by atoms with Crippen LogP contribution < -0.4 is 5.56 Å². The molecular formula is C19H17BrClN3O2. The van der Waals surface area contributed by atoms with Crippen molar-refractivity contribution in [2.75, 3.05) is 19.7 Å². The van der Waals surface area contributed by atoms with Gasteiger partial charge in [-0.15, -0.1) is 0 Å². The Bertz CT molecular complexity index is 1010. The molecule has 2 aromatic heterocycles. The molecule has 1 unspecified atom stereocenters. The highest BCUT2D eigenvalue weighted by Gasteiger charge is 2.22. The number of hydrogen-bond donors (Lipinski definition) is 0. The van der Waals surface area contributed by atoms with Crippen LogP contribution in [0.5, 0.6) is 0 Å². The summed E-state index contributed by atoms with van der Waals surface area (Å²) in [4.78, 5) is 19.2. The van der Waals surface area contributed by atoms with Crippen molar-refractivity contribution in [1.82, 2.24) is 14.3 Å². The van der Waals surface area contributed by atoms with E-state index in [1.54, 1.807) is 24.4 Å². The number of rotatable bonds is 3. The molecule has 0 aliphatic carbocycles. The second-order valence-corrected chi connectivity index (χ2v) is 7.66. The lowest BCUT2D eigenvalue weighted by Gasteiger charge is -2.33. The van der Waals surface area contributed by atoms with Gasteiger partial charge in [-0.05, 0) is 29.8 Å². The molecule has 3 heterocycles. The van der Waals surface area contributed by atoms with Crippen LogP contribution >= 0.6 is 27.5 Å². The van der Waals surface area contributed by atoms with E-state index in [-0.39, 0.29) is 11.7 Å². The van der Waals surface area contributed by atoms with Gasteiger partial charge in [-0.25, -0.2) is 4.98 Å². The van der Waals surface area contributed by atoms with Gasteiger partial charge in [0, 0.05) is 36.4 Å². The minimum Gasteiger partial charge on any atom is -0.371 e. The van der Waals surface area contributed by atoms with Crippen LogP contribution in [0.25, 0.3) is 5.65 Å². The molecule has 1 fully saturated rings. The highest BCUT2D eigenvalue weighted by atomic mass is 79.9. The van der Waals surface area contributed by atoms with E-state index < -0.39 is 0 Å². The van der Waals surface area contributed by atoms with Crippen molar-refractivity contribution in [2.45, 2.75) is 12.6 Å². The Morgan fingerprint density at radius 2 is 2.15 bits per heavy atom. The Morgan fingerprint density at radius 1 is 1.27 bits per heavy atom. The summed E-state index contributed by atoms with van der Waals surface area (Å²) in [5, 5.41) is 0.513. The van der Waals surface area contributed by atoms with E-state index in [0.717, 1.165) is 28.8 Å². The van der Waals surface area contributed by atoms with Crippen molar-refractivity contribution in [3.8, 4) is 0 Å². The van der Waals surface area contributed by atoms with Crippen LogP contribution in [0.4, 0.5) is 0 Å². The zero-order valence-electron chi connectivity index (χ0n) is 13.9. The van der Waals surface area contributed by atoms with Crippen molar-refractivity contribution < 1.29 is 4.74 Å². The lowest BCUT2D eigenvalue weighted by atomic mass is 10.1. The molecule has 0 amide bonds. The molecule has 1 aliphatic rings. The molecule has 7 heteroatoms. The third-order valence-electron chi connectivity index (χ3n) is 4.43. The van der Waals surface area contributed by atoms with E-state index in [1.807, 2.05) is 12.1 Å². The van der Waals surface area contributed by atoms with Gasteiger partial charge < -0.3 is 4.74 Å². The zero-order chi connectivity index (χ0) is 18.1. The number of nitrogens with zero attached hydrogens (tertiary/aromatic N) is 3. The van der Waals surface area contributed by atoms with Crippen molar-refractivity contribution in [2.24, 2.45) is 0 Å². The number of ether oxygens (including phenoxy) is 1. The highest BCUT2D eigenvalue weighted by Crippen LogP contribution is 2.25. The minimum absolute atomic E-state index is 0.0154. The average molecular weight is 435 g/mol. The smallest absolute Gasteiger partial charge is 0.258 e. The Balaban J connectivity index is 1.54. The molecule has 4 rings (SSSR count). The van der Waals surface area contributed by atoms with Crippen LogP contribution in [-0.4, -0.2) is 34.0 Å². The second-order valence-electron chi connectivity index (χ2n) is 6.31. The third kappa shape index (κ3) is 3.83. The summed E-state index contributed by atoms with van der Waals surface area (Å²) in [5.41, 5.74) is 2.38. The van der Waals surface area contributed by atoms with E-state index in [9.17, 15) is 4.79 Å². The van der Waals surface area contributed by atoms with Gasteiger partial charge in [-0.1, -0.05) is 39.7 Å². The van der Waals surface area contributed by atoms with Gasteiger partial charge in [0.2, 0.25) is 0 Å².